The van der Waals surface area contributed by atoms with E-state index in [0.717, 1.165) is 0 Å². The quantitative estimate of drug-likeness (QED) is 0.445. The van der Waals surface area contributed by atoms with Gasteiger partial charge in [-0.2, -0.15) is 0 Å². The summed E-state index contributed by atoms with van der Waals surface area (Å²) in [6.07, 6.45) is 0. The van der Waals surface area contributed by atoms with Crippen molar-refractivity contribution < 1.29 is 14.4 Å². The molecule has 0 fully saturated rings. The number of nitrogens with zero attached hydrogens (tertiary/aromatic N) is 2. The summed E-state index contributed by atoms with van der Waals surface area (Å²) < 4.78 is 0. The van der Waals surface area contributed by atoms with Crippen LogP contribution in [0, 0.1) is 0 Å². The number of alkyl halides is 1. The lowest BCUT2D eigenvalue weighted by Gasteiger charge is -2.18. The van der Waals surface area contributed by atoms with Crippen molar-refractivity contribution in [2.75, 3.05) is 10.8 Å². The molecule has 3 rings (SSSR count). The molecule has 0 unspecified atom stereocenters. The first-order chi connectivity index (χ1) is 12.0. The second-order valence-corrected chi connectivity index (χ2v) is 6.23. The van der Waals surface area contributed by atoms with E-state index < -0.39 is 11.9 Å². The normalized spacial score (nSPS) is 14.8. The number of para-hydroxylation sites is 1. The lowest BCUT2D eigenvalue weighted by Crippen LogP contribution is -2.30. The second kappa shape index (κ2) is 7.44. The van der Waals surface area contributed by atoms with Gasteiger partial charge >= 0.3 is 5.97 Å². The summed E-state index contributed by atoms with van der Waals surface area (Å²) in [5, 5.41) is 4.59. The fourth-order valence-electron chi connectivity index (χ4n) is 2.47. The van der Waals surface area contributed by atoms with Crippen LogP contribution in [0.5, 0.6) is 0 Å². The number of fused-ring (bicyclic) bond motifs is 1. The predicted octanol–water partition coefficient (Wildman–Crippen LogP) is 4.03. The van der Waals surface area contributed by atoms with Crippen LogP contribution in [0.2, 0.25) is 10.0 Å². The van der Waals surface area contributed by atoms with E-state index in [1.54, 1.807) is 42.5 Å². The van der Waals surface area contributed by atoms with Crippen molar-refractivity contribution >= 4 is 58.1 Å². The Balaban J connectivity index is 1.99. The fraction of sp³-hybridized carbons (Fsp3) is 0.118. The van der Waals surface area contributed by atoms with E-state index in [4.69, 9.17) is 34.8 Å². The smallest absolute Gasteiger partial charge is 0.316 e. The molecule has 0 N–H and O–H groups in total. The van der Waals surface area contributed by atoms with Crippen LogP contribution in [0.4, 0.5) is 5.69 Å². The first-order valence-electron chi connectivity index (χ1n) is 7.21. The second-order valence-electron chi connectivity index (χ2n) is 5.15. The molecular formula is C17H11Cl3N2O3. The van der Waals surface area contributed by atoms with E-state index in [0.29, 0.717) is 26.9 Å². The number of amides is 1. The van der Waals surface area contributed by atoms with Crippen molar-refractivity contribution in [3.05, 3.63) is 63.6 Å². The highest BCUT2D eigenvalue weighted by Crippen LogP contribution is 2.33. The molecule has 0 spiro atoms. The molecule has 8 heteroatoms. The predicted molar refractivity (Wildman–Crippen MR) is 97.4 cm³/mol. The van der Waals surface area contributed by atoms with Crippen LogP contribution in [0.1, 0.15) is 11.1 Å². The number of halogens is 3. The summed E-state index contributed by atoms with van der Waals surface area (Å²) >= 11 is 17.8. The summed E-state index contributed by atoms with van der Waals surface area (Å²) in [7, 11) is 0. The maximum atomic E-state index is 12.8. The third-order valence-corrected chi connectivity index (χ3v) is 4.55. The van der Waals surface area contributed by atoms with Gasteiger partial charge in [-0.05, 0) is 18.2 Å². The summed E-state index contributed by atoms with van der Waals surface area (Å²) in [6.45, 7) is 0.164. The van der Waals surface area contributed by atoms with Gasteiger partial charge in [-0.15, -0.1) is 11.6 Å². The van der Waals surface area contributed by atoms with Crippen molar-refractivity contribution in [2.45, 2.75) is 6.54 Å². The van der Waals surface area contributed by atoms with Crippen LogP contribution >= 0.6 is 34.8 Å². The largest absolute Gasteiger partial charge is 0.349 e. The van der Waals surface area contributed by atoms with Gasteiger partial charge in [0.1, 0.15) is 5.88 Å². The van der Waals surface area contributed by atoms with Gasteiger partial charge < -0.3 is 9.74 Å². The molecule has 0 atom stereocenters. The molecule has 0 aliphatic carbocycles. The van der Waals surface area contributed by atoms with E-state index in [-0.39, 0.29) is 18.1 Å². The molecule has 2 aromatic carbocycles. The number of carbonyl (C=O) groups excluding carboxylic acids is 2. The number of benzene rings is 2. The summed E-state index contributed by atoms with van der Waals surface area (Å²) in [5.41, 5.74) is 1.83. The van der Waals surface area contributed by atoms with Crippen molar-refractivity contribution in [1.82, 2.24) is 0 Å². The van der Waals surface area contributed by atoms with Crippen molar-refractivity contribution in [3.8, 4) is 0 Å². The molecule has 0 saturated heterocycles. The Labute approximate surface area is 158 Å². The van der Waals surface area contributed by atoms with Crippen LogP contribution in [0.15, 0.2) is 47.6 Å². The molecule has 25 heavy (non-hydrogen) atoms. The number of hydrogen-bond acceptors (Lipinski definition) is 4. The van der Waals surface area contributed by atoms with Gasteiger partial charge in [0.15, 0.2) is 5.71 Å². The molecule has 0 bridgehead atoms. The highest BCUT2D eigenvalue weighted by molar-refractivity contribution is 6.54. The highest BCUT2D eigenvalue weighted by Gasteiger charge is 2.35. The molecule has 1 amide bonds. The SMILES string of the molecule is O=C(CCl)O/N=C1/C(=O)N(Cc2c(Cl)cccc2Cl)c2ccccc21. The number of hydrogen-bond donors (Lipinski definition) is 0. The van der Waals surface area contributed by atoms with Gasteiger partial charge in [-0.1, -0.05) is 52.6 Å². The zero-order valence-corrected chi connectivity index (χ0v) is 15.0. The van der Waals surface area contributed by atoms with E-state index in [9.17, 15) is 9.59 Å². The Kier molecular flexibility index (Phi) is 5.27. The maximum Gasteiger partial charge on any atom is 0.349 e. The number of anilines is 1. The highest BCUT2D eigenvalue weighted by atomic mass is 35.5. The minimum Gasteiger partial charge on any atom is -0.316 e. The molecule has 1 aliphatic rings. The molecule has 2 aromatic rings. The Morgan fingerprint density at radius 1 is 1.08 bits per heavy atom. The summed E-state index contributed by atoms with van der Waals surface area (Å²) in [5.74, 6) is -1.52. The van der Waals surface area contributed by atoms with Crippen LogP contribution in [-0.4, -0.2) is 23.5 Å². The van der Waals surface area contributed by atoms with E-state index >= 15 is 0 Å². The zero-order valence-electron chi connectivity index (χ0n) is 12.7. The van der Waals surface area contributed by atoms with Crippen LogP contribution < -0.4 is 4.90 Å². The first kappa shape index (κ1) is 17.7. The average Bonchev–Trinajstić information content (AvgIpc) is 2.87. The lowest BCUT2D eigenvalue weighted by molar-refractivity contribution is -0.140. The molecule has 5 nitrogen and oxygen atoms in total. The molecule has 1 aliphatic heterocycles. The minimum absolute atomic E-state index is 0.0252. The molecule has 1 heterocycles. The first-order valence-corrected chi connectivity index (χ1v) is 8.50. The number of oxime groups is 1. The Bertz CT molecular complexity index is 863. The van der Waals surface area contributed by atoms with Gasteiger partial charge in [0, 0.05) is 21.2 Å². The zero-order chi connectivity index (χ0) is 18.0. The van der Waals surface area contributed by atoms with E-state index in [2.05, 4.69) is 9.99 Å². The van der Waals surface area contributed by atoms with Gasteiger partial charge in [0.2, 0.25) is 0 Å². The molecule has 0 saturated carbocycles. The third-order valence-electron chi connectivity index (χ3n) is 3.62. The van der Waals surface area contributed by atoms with E-state index in [1.165, 1.54) is 4.90 Å². The monoisotopic (exact) mass is 396 g/mol. The average molecular weight is 398 g/mol. The molecular weight excluding hydrogens is 387 g/mol. The van der Waals surface area contributed by atoms with Gasteiger partial charge in [0.05, 0.1) is 12.2 Å². The number of carbonyl (C=O) groups is 2. The van der Waals surface area contributed by atoms with E-state index in [1.807, 2.05) is 0 Å². The third kappa shape index (κ3) is 3.49. The summed E-state index contributed by atoms with van der Waals surface area (Å²) in [6, 6.07) is 12.2. The van der Waals surface area contributed by atoms with Crippen LogP contribution in [-0.2, 0) is 21.0 Å². The van der Waals surface area contributed by atoms with Crippen molar-refractivity contribution in [2.24, 2.45) is 5.16 Å². The molecule has 128 valence electrons. The Morgan fingerprint density at radius 3 is 2.44 bits per heavy atom. The fourth-order valence-corrected chi connectivity index (χ4v) is 3.04. The maximum absolute atomic E-state index is 12.8. The standard InChI is InChI=1S/C17H11Cl3N2O3/c18-8-15(23)25-21-16-10-4-1-2-7-14(10)22(17(16)24)9-11-12(19)5-3-6-13(11)20/h1-7H,8-9H2/b21-16+. The Morgan fingerprint density at radius 2 is 1.76 bits per heavy atom. The van der Waals surface area contributed by atoms with Gasteiger partial charge in [-0.25, -0.2) is 4.79 Å². The topological polar surface area (TPSA) is 59.0 Å². The number of rotatable bonds is 4. The molecule has 0 aromatic heterocycles. The van der Waals surface area contributed by atoms with Gasteiger partial charge in [0.25, 0.3) is 5.91 Å². The van der Waals surface area contributed by atoms with Crippen LogP contribution in [0.3, 0.4) is 0 Å². The summed E-state index contributed by atoms with van der Waals surface area (Å²) in [4.78, 5) is 30.2. The van der Waals surface area contributed by atoms with Crippen molar-refractivity contribution in [3.63, 3.8) is 0 Å². The minimum atomic E-state index is -0.743. The van der Waals surface area contributed by atoms with Gasteiger partial charge in [-0.3, -0.25) is 4.79 Å². The Hall–Kier alpha value is -2.08. The van der Waals surface area contributed by atoms with Crippen molar-refractivity contribution in [1.29, 1.82) is 0 Å². The van der Waals surface area contributed by atoms with Crippen LogP contribution in [0.25, 0.3) is 0 Å². The lowest BCUT2D eigenvalue weighted by atomic mass is 10.1. The molecule has 0 radical (unpaired) electrons.